The number of hydrogen-bond acceptors (Lipinski definition) is 4. The fourth-order valence-corrected chi connectivity index (χ4v) is 4.92. The molecule has 2 N–H and O–H groups in total. The Hall–Kier alpha value is -0.420. The zero-order valence-electron chi connectivity index (χ0n) is 15.2. The van der Waals surface area contributed by atoms with Gasteiger partial charge in [0, 0.05) is 23.4 Å². The minimum atomic E-state index is -0.419. The van der Waals surface area contributed by atoms with Crippen molar-refractivity contribution in [3.63, 3.8) is 0 Å². The van der Waals surface area contributed by atoms with Gasteiger partial charge in [-0.05, 0) is 65.0 Å². The summed E-state index contributed by atoms with van der Waals surface area (Å²) in [7, 11) is 0. The molecule has 23 heavy (non-hydrogen) atoms. The van der Waals surface area contributed by atoms with Crippen molar-refractivity contribution in [3.8, 4) is 0 Å². The van der Waals surface area contributed by atoms with Gasteiger partial charge >= 0.3 is 6.09 Å². The van der Waals surface area contributed by atoms with E-state index in [1.54, 1.807) is 0 Å². The van der Waals surface area contributed by atoms with Crippen LogP contribution in [0.15, 0.2) is 0 Å². The fourth-order valence-electron chi connectivity index (χ4n) is 3.71. The second kappa shape index (κ2) is 8.61. The van der Waals surface area contributed by atoms with E-state index >= 15 is 0 Å². The Kier molecular flexibility index (Phi) is 7.08. The van der Waals surface area contributed by atoms with Crippen LogP contribution in [0.4, 0.5) is 4.79 Å². The predicted octanol–water partition coefficient (Wildman–Crippen LogP) is 4.09. The summed E-state index contributed by atoms with van der Waals surface area (Å²) in [6.07, 6.45) is 8.19. The van der Waals surface area contributed by atoms with Crippen molar-refractivity contribution in [2.24, 2.45) is 0 Å². The maximum Gasteiger partial charge on any atom is 0.407 e. The first-order valence-electron chi connectivity index (χ1n) is 9.24. The summed E-state index contributed by atoms with van der Waals surface area (Å²) in [6.45, 7) is 7.97. The van der Waals surface area contributed by atoms with E-state index in [4.69, 9.17) is 4.74 Å². The topological polar surface area (TPSA) is 50.4 Å². The Morgan fingerprint density at radius 3 is 2.35 bits per heavy atom. The number of hydrogen-bond donors (Lipinski definition) is 2. The Labute approximate surface area is 145 Å². The molecule has 0 heterocycles. The van der Waals surface area contributed by atoms with Crippen LogP contribution in [0.3, 0.4) is 0 Å². The van der Waals surface area contributed by atoms with Gasteiger partial charge in [-0.15, -0.1) is 0 Å². The van der Waals surface area contributed by atoms with Crippen molar-refractivity contribution in [1.29, 1.82) is 0 Å². The molecule has 0 bridgehead atoms. The molecule has 2 atom stereocenters. The minimum absolute atomic E-state index is 0.271. The zero-order chi connectivity index (χ0) is 16.9. The SMILES string of the molecule is CCSC1CCCC1NC1CCC(NC(=O)OC(C)(C)C)CC1. The number of carbonyl (C=O) groups is 1. The smallest absolute Gasteiger partial charge is 0.407 e. The maximum absolute atomic E-state index is 11.9. The third kappa shape index (κ3) is 6.54. The molecule has 1 amide bonds. The average molecular weight is 343 g/mol. The van der Waals surface area contributed by atoms with Crippen molar-refractivity contribution >= 4 is 17.9 Å². The largest absolute Gasteiger partial charge is 0.444 e. The molecule has 0 spiro atoms. The van der Waals surface area contributed by atoms with Crippen LogP contribution in [0.5, 0.6) is 0 Å². The second-order valence-electron chi connectivity index (χ2n) is 7.89. The normalized spacial score (nSPS) is 31.8. The Bertz CT molecular complexity index is 376. The minimum Gasteiger partial charge on any atom is -0.444 e. The van der Waals surface area contributed by atoms with Crippen molar-refractivity contribution < 1.29 is 9.53 Å². The van der Waals surface area contributed by atoms with E-state index in [2.05, 4.69) is 29.3 Å². The molecule has 134 valence electrons. The molecule has 4 nitrogen and oxygen atoms in total. The van der Waals surface area contributed by atoms with Crippen LogP contribution in [-0.4, -0.2) is 40.8 Å². The van der Waals surface area contributed by atoms with Gasteiger partial charge in [-0.2, -0.15) is 11.8 Å². The summed E-state index contributed by atoms with van der Waals surface area (Å²) in [5, 5.41) is 7.73. The molecule has 2 aliphatic rings. The summed E-state index contributed by atoms with van der Waals surface area (Å²) in [5.41, 5.74) is -0.419. The molecule has 2 fully saturated rings. The highest BCUT2D eigenvalue weighted by Crippen LogP contribution is 2.31. The van der Waals surface area contributed by atoms with Gasteiger partial charge in [0.2, 0.25) is 0 Å². The van der Waals surface area contributed by atoms with Crippen LogP contribution >= 0.6 is 11.8 Å². The maximum atomic E-state index is 11.9. The molecule has 0 radical (unpaired) electrons. The van der Waals surface area contributed by atoms with Crippen molar-refractivity contribution in [1.82, 2.24) is 10.6 Å². The van der Waals surface area contributed by atoms with Gasteiger partial charge in [-0.3, -0.25) is 0 Å². The molecular weight excluding hydrogens is 308 g/mol. The lowest BCUT2D eigenvalue weighted by molar-refractivity contribution is 0.0489. The van der Waals surface area contributed by atoms with E-state index in [0.717, 1.165) is 30.9 Å². The van der Waals surface area contributed by atoms with E-state index in [0.29, 0.717) is 12.1 Å². The molecule has 0 aliphatic heterocycles. The lowest BCUT2D eigenvalue weighted by Gasteiger charge is -2.33. The first kappa shape index (κ1) is 18.9. The number of rotatable bonds is 5. The van der Waals surface area contributed by atoms with E-state index in [-0.39, 0.29) is 12.1 Å². The predicted molar refractivity (Wildman–Crippen MR) is 98.1 cm³/mol. The quantitative estimate of drug-likeness (QED) is 0.790. The third-order valence-electron chi connectivity index (χ3n) is 4.73. The molecule has 0 aromatic rings. The molecular formula is C18H34N2O2S. The van der Waals surface area contributed by atoms with Crippen molar-refractivity contribution in [3.05, 3.63) is 0 Å². The Balaban J connectivity index is 1.68. The molecule has 0 saturated heterocycles. The van der Waals surface area contributed by atoms with Crippen molar-refractivity contribution in [2.45, 2.75) is 102 Å². The van der Waals surface area contributed by atoms with Crippen LogP contribution in [0.25, 0.3) is 0 Å². The van der Waals surface area contributed by atoms with Gasteiger partial charge in [0.25, 0.3) is 0 Å². The fraction of sp³-hybridized carbons (Fsp3) is 0.944. The van der Waals surface area contributed by atoms with Gasteiger partial charge in [0.05, 0.1) is 0 Å². The van der Waals surface area contributed by atoms with E-state index in [9.17, 15) is 4.79 Å². The summed E-state index contributed by atoms with van der Waals surface area (Å²) in [5.74, 6) is 1.22. The average Bonchev–Trinajstić information content (AvgIpc) is 2.87. The molecule has 2 rings (SSSR count). The van der Waals surface area contributed by atoms with E-state index in [1.165, 1.54) is 25.0 Å². The van der Waals surface area contributed by atoms with E-state index < -0.39 is 5.60 Å². The standard InChI is InChI=1S/C18H34N2O2S/c1-5-23-16-8-6-7-15(16)19-13-9-11-14(12-10-13)20-17(21)22-18(2,3)4/h13-16,19H,5-12H2,1-4H3,(H,20,21). The first-order valence-corrected chi connectivity index (χ1v) is 10.3. The van der Waals surface area contributed by atoms with Gasteiger partial charge in [0.15, 0.2) is 0 Å². The Morgan fingerprint density at radius 2 is 1.74 bits per heavy atom. The summed E-state index contributed by atoms with van der Waals surface area (Å²) in [4.78, 5) is 11.9. The number of carbonyl (C=O) groups excluding carboxylic acids is 1. The summed E-state index contributed by atoms with van der Waals surface area (Å²) < 4.78 is 5.35. The molecule has 2 aliphatic carbocycles. The monoisotopic (exact) mass is 342 g/mol. The second-order valence-corrected chi connectivity index (χ2v) is 9.41. The van der Waals surface area contributed by atoms with Gasteiger partial charge < -0.3 is 15.4 Å². The van der Waals surface area contributed by atoms with Crippen molar-refractivity contribution in [2.75, 3.05) is 5.75 Å². The van der Waals surface area contributed by atoms with Gasteiger partial charge in [-0.25, -0.2) is 4.79 Å². The highest BCUT2D eigenvalue weighted by molar-refractivity contribution is 7.99. The van der Waals surface area contributed by atoms with Crippen LogP contribution in [0, 0.1) is 0 Å². The molecule has 2 unspecified atom stereocenters. The van der Waals surface area contributed by atoms with E-state index in [1.807, 2.05) is 20.8 Å². The lowest BCUT2D eigenvalue weighted by Crippen LogP contribution is -2.47. The Morgan fingerprint density at radius 1 is 1.09 bits per heavy atom. The van der Waals surface area contributed by atoms with Crippen LogP contribution in [-0.2, 0) is 4.74 Å². The molecule has 2 saturated carbocycles. The number of amides is 1. The lowest BCUT2D eigenvalue weighted by atomic mass is 9.90. The van der Waals surface area contributed by atoms with Crippen LogP contribution < -0.4 is 10.6 Å². The number of alkyl carbamates (subject to hydrolysis) is 1. The first-order chi connectivity index (χ1) is 10.9. The number of thioether (sulfide) groups is 1. The molecule has 0 aromatic heterocycles. The zero-order valence-corrected chi connectivity index (χ0v) is 16.0. The highest BCUT2D eigenvalue weighted by Gasteiger charge is 2.31. The molecule has 5 heteroatoms. The van der Waals surface area contributed by atoms with Crippen LogP contribution in [0.2, 0.25) is 0 Å². The third-order valence-corrected chi connectivity index (χ3v) is 6.06. The summed E-state index contributed by atoms with van der Waals surface area (Å²) in [6, 6.07) is 1.59. The van der Waals surface area contributed by atoms with Crippen LogP contribution in [0.1, 0.15) is 72.6 Å². The molecule has 0 aromatic carbocycles. The number of nitrogens with one attached hydrogen (secondary N) is 2. The van der Waals surface area contributed by atoms with Gasteiger partial charge in [-0.1, -0.05) is 13.3 Å². The van der Waals surface area contributed by atoms with Gasteiger partial charge in [0.1, 0.15) is 5.60 Å². The summed E-state index contributed by atoms with van der Waals surface area (Å²) >= 11 is 2.11. The highest BCUT2D eigenvalue weighted by atomic mass is 32.2. The number of ether oxygens (including phenoxy) is 1.